The van der Waals surface area contributed by atoms with E-state index in [9.17, 15) is 0 Å². The first kappa shape index (κ1) is 9.11. The highest BCUT2D eigenvalue weighted by molar-refractivity contribution is 6.45. The Balaban J connectivity index is 2.77. The number of alkyl halides is 2. The average Bonchev–Trinajstić information content (AvgIpc) is 1.95. The van der Waals surface area contributed by atoms with Gasteiger partial charge in [-0.25, -0.2) is 0 Å². The van der Waals surface area contributed by atoms with Crippen molar-refractivity contribution in [3.63, 3.8) is 0 Å². The molecule has 0 saturated heterocycles. The van der Waals surface area contributed by atoms with Gasteiger partial charge in [-0.1, -0.05) is 24.3 Å². The minimum Gasteiger partial charge on any atom is -0.385 e. The second-order valence-electron chi connectivity index (χ2n) is 2.88. The fourth-order valence-electron chi connectivity index (χ4n) is 0.877. The van der Waals surface area contributed by atoms with Gasteiger partial charge in [0.05, 0.1) is 6.10 Å². The van der Waals surface area contributed by atoms with Gasteiger partial charge in [-0.2, -0.15) is 0 Å². The maximum absolute atomic E-state index is 9.06. The average molecular weight is 193 g/mol. The summed E-state index contributed by atoms with van der Waals surface area (Å²) in [6.45, 7) is 1.91. The summed E-state index contributed by atoms with van der Waals surface area (Å²) in [5.41, 5.74) is -0.331. The molecule has 1 N–H and O–H groups in total. The van der Waals surface area contributed by atoms with Crippen LogP contribution in [0, 0.1) is 5.41 Å². The Hall–Kier alpha value is 0.0200. The molecule has 0 spiro atoms. The van der Waals surface area contributed by atoms with E-state index in [1.54, 1.807) is 12.2 Å². The molecule has 0 aliphatic heterocycles. The Morgan fingerprint density at radius 1 is 1.36 bits per heavy atom. The predicted octanol–water partition coefficient (Wildman–Crippen LogP) is 2.28. The zero-order valence-electron chi connectivity index (χ0n) is 6.17. The van der Waals surface area contributed by atoms with E-state index in [4.69, 9.17) is 28.3 Å². The van der Waals surface area contributed by atoms with Gasteiger partial charge in [0, 0.05) is 5.41 Å². The van der Waals surface area contributed by atoms with Crippen molar-refractivity contribution in [2.45, 2.75) is 17.9 Å². The molecule has 0 aromatic carbocycles. The summed E-state index contributed by atoms with van der Waals surface area (Å²) in [5, 5.41) is 9.06. The first-order chi connectivity index (χ1) is 5.04. The van der Waals surface area contributed by atoms with Crippen LogP contribution in [0.3, 0.4) is 0 Å². The third-order valence-corrected chi connectivity index (χ3v) is 2.72. The maximum Gasteiger partial charge on any atom is 0.120 e. The van der Waals surface area contributed by atoms with Gasteiger partial charge in [-0.05, 0) is 6.92 Å². The molecule has 0 aromatic heterocycles. The summed E-state index contributed by atoms with van der Waals surface area (Å²) in [5.74, 6) is 0. The summed E-state index contributed by atoms with van der Waals surface area (Å²) in [4.78, 5) is -0.470. The summed E-state index contributed by atoms with van der Waals surface area (Å²) >= 11 is 11.5. The van der Waals surface area contributed by atoms with E-state index in [0.717, 1.165) is 0 Å². The van der Waals surface area contributed by atoms with Gasteiger partial charge in [-0.15, -0.1) is 23.2 Å². The van der Waals surface area contributed by atoms with Crippen LogP contribution in [0.2, 0.25) is 0 Å². The number of allylic oxidation sites excluding steroid dienone is 2. The smallest absolute Gasteiger partial charge is 0.120 e. The lowest BCUT2D eigenvalue weighted by Gasteiger charge is -2.26. The summed E-state index contributed by atoms with van der Waals surface area (Å²) in [7, 11) is 0. The fraction of sp³-hybridized carbons (Fsp3) is 0.500. The van der Waals surface area contributed by atoms with Crippen LogP contribution in [0.4, 0.5) is 0 Å². The largest absolute Gasteiger partial charge is 0.385 e. The van der Waals surface area contributed by atoms with Crippen molar-refractivity contribution >= 4 is 23.2 Å². The van der Waals surface area contributed by atoms with Crippen molar-refractivity contribution in [1.29, 1.82) is 0 Å². The number of hydrogen-bond donors (Lipinski definition) is 1. The van der Waals surface area contributed by atoms with Gasteiger partial charge in [0.15, 0.2) is 0 Å². The number of hydrogen-bond acceptors (Lipinski definition) is 1. The molecule has 62 valence electrons. The number of rotatable bonds is 1. The minimum atomic E-state index is -0.491. The van der Waals surface area contributed by atoms with Crippen LogP contribution in [-0.2, 0) is 0 Å². The van der Waals surface area contributed by atoms with Gasteiger partial charge in [0.2, 0.25) is 0 Å². The van der Waals surface area contributed by atoms with Crippen LogP contribution in [0.1, 0.15) is 6.92 Å². The number of aliphatic hydroxyl groups excluding tert-OH is 1. The van der Waals surface area contributed by atoms with Gasteiger partial charge in [-0.3, -0.25) is 0 Å². The Bertz CT molecular complexity index is 182. The molecule has 1 aliphatic rings. The second-order valence-corrected chi connectivity index (χ2v) is 3.97. The molecule has 0 unspecified atom stereocenters. The molecular weight excluding hydrogens is 183 g/mol. The zero-order valence-corrected chi connectivity index (χ0v) is 7.68. The molecule has 1 aliphatic carbocycles. The normalized spacial score (nSPS) is 36.6. The summed E-state index contributed by atoms with van der Waals surface area (Å²) in [6, 6.07) is 0. The zero-order chi connectivity index (χ0) is 8.48. The number of aliphatic hydroxyl groups is 1. The first-order valence-corrected chi connectivity index (χ1v) is 4.27. The Morgan fingerprint density at radius 2 is 1.82 bits per heavy atom. The Morgan fingerprint density at radius 3 is 2.18 bits per heavy atom. The van der Waals surface area contributed by atoms with Gasteiger partial charge >= 0.3 is 0 Å². The van der Waals surface area contributed by atoms with Crippen LogP contribution in [-0.4, -0.2) is 16.0 Å². The van der Waals surface area contributed by atoms with Crippen molar-refractivity contribution in [2.24, 2.45) is 5.41 Å². The molecule has 3 heteroatoms. The van der Waals surface area contributed by atoms with Crippen LogP contribution >= 0.6 is 23.2 Å². The highest BCUT2D eigenvalue weighted by Gasteiger charge is 2.27. The number of halogens is 2. The molecule has 0 amide bonds. The van der Waals surface area contributed by atoms with E-state index in [1.165, 1.54) is 0 Å². The third kappa shape index (κ3) is 1.98. The van der Waals surface area contributed by atoms with E-state index in [2.05, 4.69) is 0 Å². The van der Waals surface area contributed by atoms with Gasteiger partial charge in [0.1, 0.15) is 4.84 Å². The lowest BCUT2D eigenvalue weighted by atomic mass is 9.88. The lowest BCUT2D eigenvalue weighted by Crippen LogP contribution is -2.22. The predicted molar refractivity (Wildman–Crippen MR) is 47.9 cm³/mol. The summed E-state index contributed by atoms with van der Waals surface area (Å²) < 4.78 is 0. The highest BCUT2D eigenvalue weighted by Crippen LogP contribution is 2.34. The molecule has 1 rings (SSSR count). The second kappa shape index (κ2) is 3.18. The molecule has 0 radical (unpaired) electrons. The van der Waals surface area contributed by atoms with Crippen molar-refractivity contribution in [3.05, 3.63) is 24.3 Å². The standard InChI is InChI=1S/C8H10Cl2O/c1-8(7(9)10)4-2-6(11)3-5-8/h2-7,11H,1H3. The van der Waals surface area contributed by atoms with Crippen LogP contribution in [0.5, 0.6) is 0 Å². The van der Waals surface area contributed by atoms with Crippen LogP contribution in [0.25, 0.3) is 0 Å². The van der Waals surface area contributed by atoms with Gasteiger partial charge in [0.25, 0.3) is 0 Å². The van der Waals surface area contributed by atoms with Crippen molar-refractivity contribution in [1.82, 2.24) is 0 Å². The van der Waals surface area contributed by atoms with Crippen LogP contribution in [0.15, 0.2) is 24.3 Å². The topological polar surface area (TPSA) is 20.2 Å². The quantitative estimate of drug-likeness (QED) is 0.500. The molecule has 0 saturated carbocycles. The Labute approximate surface area is 76.3 Å². The van der Waals surface area contributed by atoms with E-state index < -0.39 is 10.9 Å². The third-order valence-electron chi connectivity index (χ3n) is 1.78. The molecule has 0 fully saturated rings. The highest BCUT2D eigenvalue weighted by atomic mass is 35.5. The molecular formula is C8H10Cl2O. The van der Waals surface area contributed by atoms with Crippen molar-refractivity contribution in [2.75, 3.05) is 0 Å². The first-order valence-electron chi connectivity index (χ1n) is 3.39. The van der Waals surface area contributed by atoms with Crippen LogP contribution < -0.4 is 0 Å². The minimum absolute atomic E-state index is 0.331. The van der Waals surface area contributed by atoms with Crippen molar-refractivity contribution in [3.8, 4) is 0 Å². The monoisotopic (exact) mass is 192 g/mol. The summed E-state index contributed by atoms with van der Waals surface area (Å²) in [6.07, 6.45) is 6.51. The van der Waals surface area contributed by atoms with Crippen molar-refractivity contribution < 1.29 is 5.11 Å². The fourth-order valence-corrected chi connectivity index (χ4v) is 1.17. The lowest BCUT2D eigenvalue weighted by molar-refractivity contribution is 0.265. The molecule has 11 heavy (non-hydrogen) atoms. The molecule has 0 atom stereocenters. The molecule has 0 aromatic rings. The SMILES string of the molecule is CC1(C(Cl)Cl)C=CC(O)C=C1. The molecule has 0 heterocycles. The maximum atomic E-state index is 9.06. The van der Waals surface area contributed by atoms with E-state index in [1.807, 2.05) is 19.1 Å². The molecule has 0 bridgehead atoms. The molecule has 1 nitrogen and oxygen atoms in total. The van der Waals surface area contributed by atoms with Gasteiger partial charge < -0.3 is 5.11 Å². The van der Waals surface area contributed by atoms with E-state index in [0.29, 0.717) is 0 Å². The van der Waals surface area contributed by atoms with E-state index >= 15 is 0 Å². The Kier molecular flexibility index (Phi) is 2.63. The van der Waals surface area contributed by atoms with E-state index in [-0.39, 0.29) is 5.41 Å².